The maximum Gasteiger partial charge on any atom is 0.241 e. The zero-order chi connectivity index (χ0) is 8.81. The predicted octanol–water partition coefficient (Wildman–Crippen LogP) is 1.27. The van der Waals surface area contributed by atoms with E-state index in [9.17, 15) is 4.79 Å². The van der Waals surface area contributed by atoms with Crippen LogP contribution >= 0.6 is 0 Å². The van der Waals surface area contributed by atoms with Gasteiger partial charge in [0.25, 0.3) is 0 Å². The summed E-state index contributed by atoms with van der Waals surface area (Å²) in [7, 11) is 0. The number of hydrogen-bond donors (Lipinski definition) is 1. The Bertz CT molecular complexity index is 277. The maximum atomic E-state index is 10.3. The van der Waals surface area contributed by atoms with Crippen molar-refractivity contribution >= 4 is 5.91 Å². The molecule has 62 valence electrons. The first-order valence-corrected chi connectivity index (χ1v) is 3.79. The van der Waals surface area contributed by atoms with Gasteiger partial charge in [0.2, 0.25) is 5.91 Å². The van der Waals surface area contributed by atoms with E-state index in [2.05, 4.69) is 0 Å². The van der Waals surface area contributed by atoms with Crippen molar-refractivity contribution < 1.29 is 4.79 Å². The van der Waals surface area contributed by atoms with Crippen LogP contribution in [-0.4, -0.2) is 5.91 Å². The molecule has 1 aromatic carbocycles. The normalized spacial score (nSPS) is 10.3. The first kappa shape index (κ1) is 8.53. The van der Waals surface area contributed by atoms with Crippen molar-refractivity contribution in [3.8, 4) is 0 Å². The molecule has 0 radical (unpaired) electrons. The molecule has 0 aliphatic carbocycles. The van der Waals surface area contributed by atoms with Crippen LogP contribution in [0.1, 0.15) is 5.56 Å². The molecule has 1 rings (SSSR count). The van der Waals surface area contributed by atoms with Crippen LogP contribution < -0.4 is 5.73 Å². The van der Waals surface area contributed by atoms with E-state index >= 15 is 0 Å². The van der Waals surface area contributed by atoms with Crippen molar-refractivity contribution in [2.24, 2.45) is 5.73 Å². The van der Waals surface area contributed by atoms with Crippen molar-refractivity contribution in [2.45, 2.75) is 6.42 Å². The molecule has 0 aliphatic heterocycles. The molecular weight excluding hydrogens is 150 g/mol. The summed E-state index contributed by atoms with van der Waals surface area (Å²) in [6.07, 6.45) is 3.90. The molecule has 0 saturated heterocycles. The van der Waals surface area contributed by atoms with Crippen molar-refractivity contribution in [1.82, 2.24) is 0 Å². The minimum atomic E-state index is -0.397. The maximum absolute atomic E-state index is 10.3. The molecule has 0 spiro atoms. The lowest BCUT2D eigenvalue weighted by Gasteiger charge is -1.92. The van der Waals surface area contributed by atoms with Crippen molar-refractivity contribution in [1.29, 1.82) is 0 Å². The van der Waals surface area contributed by atoms with Gasteiger partial charge in [-0.25, -0.2) is 0 Å². The molecule has 0 heterocycles. The Morgan fingerprint density at radius 2 is 2.00 bits per heavy atom. The molecular formula is C10H11NO. The summed E-state index contributed by atoms with van der Waals surface area (Å²) in [5, 5.41) is 0. The van der Waals surface area contributed by atoms with Crippen molar-refractivity contribution in [3.05, 3.63) is 48.0 Å². The smallest absolute Gasteiger partial charge is 0.241 e. The zero-order valence-electron chi connectivity index (χ0n) is 6.73. The third kappa shape index (κ3) is 3.01. The lowest BCUT2D eigenvalue weighted by atomic mass is 10.1. The first-order valence-electron chi connectivity index (χ1n) is 3.79. The van der Waals surface area contributed by atoms with Crippen LogP contribution in [0.3, 0.4) is 0 Å². The van der Waals surface area contributed by atoms with Crippen LogP contribution in [0.2, 0.25) is 0 Å². The van der Waals surface area contributed by atoms with Gasteiger partial charge >= 0.3 is 0 Å². The SMILES string of the molecule is NC(=O)C=CCc1ccccc1. The third-order valence-corrected chi connectivity index (χ3v) is 1.48. The van der Waals surface area contributed by atoms with E-state index in [-0.39, 0.29) is 0 Å². The van der Waals surface area contributed by atoms with Gasteiger partial charge < -0.3 is 5.73 Å². The molecule has 0 aliphatic rings. The second-order valence-electron chi connectivity index (χ2n) is 2.49. The molecule has 0 aromatic heterocycles. The van der Waals surface area contributed by atoms with E-state index in [1.54, 1.807) is 6.08 Å². The average Bonchev–Trinajstić information content (AvgIpc) is 2.05. The molecule has 2 N–H and O–H groups in total. The molecule has 2 nitrogen and oxygen atoms in total. The van der Waals surface area contributed by atoms with E-state index < -0.39 is 5.91 Å². The summed E-state index contributed by atoms with van der Waals surface area (Å²) >= 11 is 0. The first-order chi connectivity index (χ1) is 5.79. The van der Waals surface area contributed by atoms with E-state index in [1.165, 1.54) is 11.6 Å². The van der Waals surface area contributed by atoms with Gasteiger partial charge in [-0.2, -0.15) is 0 Å². The topological polar surface area (TPSA) is 43.1 Å². The van der Waals surface area contributed by atoms with Gasteiger partial charge in [0.15, 0.2) is 0 Å². The van der Waals surface area contributed by atoms with Crippen molar-refractivity contribution in [3.63, 3.8) is 0 Å². The van der Waals surface area contributed by atoms with Crippen LogP contribution in [0.4, 0.5) is 0 Å². The standard InChI is InChI=1S/C10H11NO/c11-10(12)8-4-7-9-5-2-1-3-6-9/h1-6,8H,7H2,(H2,11,12). The monoisotopic (exact) mass is 161 g/mol. The molecule has 2 heteroatoms. The highest BCUT2D eigenvalue weighted by Crippen LogP contribution is 1.99. The summed E-state index contributed by atoms with van der Waals surface area (Å²) < 4.78 is 0. The fourth-order valence-corrected chi connectivity index (χ4v) is 0.925. The number of nitrogens with two attached hydrogens (primary N) is 1. The summed E-state index contributed by atoms with van der Waals surface area (Å²) in [6.45, 7) is 0. The molecule has 1 aromatic rings. The highest BCUT2D eigenvalue weighted by Gasteiger charge is 1.86. The summed E-state index contributed by atoms with van der Waals surface area (Å²) in [4.78, 5) is 10.3. The lowest BCUT2D eigenvalue weighted by molar-refractivity contribution is -0.113. The van der Waals surface area contributed by atoms with Gasteiger partial charge in [-0.1, -0.05) is 36.4 Å². The third-order valence-electron chi connectivity index (χ3n) is 1.48. The van der Waals surface area contributed by atoms with Gasteiger partial charge in [-0.15, -0.1) is 0 Å². The van der Waals surface area contributed by atoms with E-state index in [4.69, 9.17) is 5.73 Å². The van der Waals surface area contributed by atoms with Gasteiger partial charge in [0, 0.05) is 0 Å². The lowest BCUT2D eigenvalue weighted by Crippen LogP contribution is -2.05. The molecule has 0 fully saturated rings. The molecule has 0 bridgehead atoms. The average molecular weight is 161 g/mol. The highest BCUT2D eigenvalue weighted by molar-refractivity contribution is 5.85. The zero-order valence-corrected chi connectivity index (χ0v) is 6.73. The van der Waals surface area contributed by atoms with Gasteiger partial charge in [0.1, 0.15) is 0 Å². The number of carbonyl (C=O) groups excluding carboxylic acids is 1. The van der Waals surface area contributed by atoms with Crippen LogP contribution in [0.15, 0.2) is 42.5 Å². The minimum absolute atomic E-state index is 0.397. The Morgan fingerprint density at radius 3 is 2.58 bits per heavy atom. The van der Waals surface area contributed by atoms with Gasteiger partial charge in [-0.05, 0) is 18.1 Å². The van der Waals surface area contributed by atoms with E-state index in [1.807, 2.05) is 30.3 Å². The minimum Gasteiger partial charge on any atom is -0.366 e. The second kappa shape index (κ2) is 4.34. The molecule has 0 unspecified atom stereocenters. The Hall–Kier alpha value is -1.57. The Kier molecular flexibility index (Phi) is 3.08. The second-order valence-corrected chi connectivity index (χ2v) is 2.49. The van der Waals surface area contributed by atoms with Crippen LogP contribution in [-0.2, 0) is 11.2 Å². The van der Waals surface area contributed by atoms with Crippen LogP contribution in [0, 0.1) is 0 Å². The van der Waals surface area contributed by atoms with E-state index in [0.717, 1.165) is 6.42 Å². The Labute approximate surface area is 71.7 Å². The predicted molar refractivity (Wildman–Crippen MR) is 48.5 cm³/mol. The number of hydrogen-bond acceptors (Lipinski definition) is 1. The van der Waals surface area contributed by atoms with Crippen LogP contribution in [0.5, 0.6) is 0 Å². The summed E-state index contributed by atoms with van der Waals surface area (Å²) in [5.74, 6) is -0.397. The fraction of sp³-hybridized carbons (Fsp3) is 0.100. The summed E-state index contributed by atoms with van der Waals surface area (Å²) in [6, 6.07) is 9.90. The van der Waals surface area contributed by atoms with Crippen molar-refractivity contribution in [2.75, 3.05) is 0 Å². The van der Waals surface area contributed by atoms with Gasteiger partial charge in [-0.3, -0.25) is 4.79 Å². The van der Waals surface area contributed by atoms with Gasteiger partial charge in [0.05, 0.1) is 0 Å². The Morgan fingerprint density at radius 1 is 1.33 bits per heavy atom. The van der Waals surface area contributed by atoms with Crippen LogP contribution in [0.25, 0.3) is 0 Å². The number of carbonyl (C=O) groups is 1. The Balaban J connectivity index is 2.49. The molecule has 0 saturated carbocycles. The summed E-state index contributed by atoms with van der Waals surface area (Å²) in [5.41, 5.74) is 6.11. The number of allylic oxidation sites excluding steroid dienone is 1. The number of benzene rings is 1. The highest BCUT2D eigenvalue weighted by atomic mass is 16.1. The fourth-order valence-electron chi connectivity index (χ4n) is 0.925. The molecule has 12 heavy (non-hydrogen) atoms. The largest absolute Gasteiger partial charge is 0.366 e. The molecule has 1 amide bonds. The quantitative estimate of drug-likeness (QED) is 0.666. The number of amides is 1. The number of primary amides is 1. The molecule has 0 atom stereocenters. The van der Waals surface area contributed by atoms with E-state index in [0.29, 0.717) is 0 Å². The number of rotatable bonds is 3.